The lowest BCUT2D eigenvalue weighted by atomic mass is 10.1. The van der Waals surface area contributed by atoms with Crippen molar-refractivity contribution in [3.05, 3.63) is 78.9 Å². The van der Waals surface area contributed by atoms with E-state index in [0.29, 0.717) is 32.2 Å². The molecule has 520 valence electrons. The Balaban J connectivity index is 1.11. The molecule has 97 heavy (non-hydrogen) atoms. The van der Waals surface area contributed by atoms with Gasteiger partial charge in [-0.05, 0) is 112 Å². The zero-order valence-electron chi connectivity index (χ0n) is 50.0. The van der Waals surface area contributed by atoms with Crippen LogP contribution in [0, 0.1) is 0 Å². The summed E-state index contributed by atoms with van der Waals surface area (Å²) in [5, 5.41) is 84.3. The molecular formula is C50H54N16O24S7. The highest BCUT2D eigenvalue weighted by Gasteiger charge is 2.30. The molecule has 0 bridgehead atoms. The molecule has 0 aliphatic rings. The highest BCUT2D eigenvalue weighted by atomic mass is 32.2. The number of phenols is 3. The van der Waals surface area contributed by atoms with Gasteiger partial charge in [-0.2, -0.15) is 68.7 Å². The fourth-order valence-corrected chi connectivity index (χ4v) is 13.3. The summed E-state index contributed by atoms with van der Waals surface area (Å²) in [6.45, 7) is 7.91. The number of aromatic nitrogens is 6. The zero-order valence-corrected chi connectivity index (χ0v) is 55.8. The molecule has 6 aromatic carbocycles. The average Bonchev–Trinajstić information content (AvgIpc) is 0.743. The number of phenolic OH excluding ortho intramolecular Hbond substituents is 3. The lowest BCUT2D eigenvalue weighted by Crippen LogP contribution is -2.26. The molecule has 47 heteroatoms. The van der Waals surface area contributed by atoms with Crippen molar-refractivity contribution in [3.8, 4) is 17.2 Å². The van der Waals surface area contributed by atoms with Gasteiger partial charge in [-0.25, -0.2) is 18.9 Å². The average molecular weight is 1490 g/mol. The molecule has 0 aliphatic heterocycles. The minimum Gasteiger partial charge on any atom is -0.506 e. The SMILES string of the molecule is CCN(CC)c1nc(NCCNc2nc(Nc3cc(S(=O)(=O)O)cc4cc(SOOO)c(N=Nc5cc(S(=O)(=O)CCOSOOO)ccc5O)c(O)c34)nc(N(CC)CC)n2)nc(Nc2ccc3c(O)c(N=Nc4ccc(S(=O)(=O)O)cc4)c(S(=O)(=O)O)cc3c2S(=O)(=O)O)n1. The molecule has 0 saturated carbocycles. The first-order valence-corrected chi connectivity index (χ1v) is 36.1. The van der Waals surface area contributed by atoms with E-state index >= 15 is 0 Å². The molecule has 0 radical (unpaired) electrons. The van der Waals surface area contributed by atoms with Crippen molar-refractivity contribution >= 4 is 166 Å². The van der Waals surface area contributed by atoms with Crippen LogP contribution in [0.4, 0.5) is 69.8 Å². The number of hydrogen-bond acceptors (Lipinski definition) is 38. The number of nitrogens with one attached hydrogen (secondary N) is 4. The lowest BCUT2D eigenvalue weighted by molar-refractivity contribution is -0.434. The Morgan fingerprint density at radius 3 is 1.63 bits per heavy atom. The molecule has 2 heterocycles. The Hall–Kier alpha value is -8.73. The van der Waals surface area contributed by atoms with Gasteiger partial charge in [-0.1, -0.05) is 10.1 Å². The van der Waals surface area contributed by atoms with E-state index < -0.39 is 133 Å². The third kappa shape index (κ3) is 18.3. The Kier molecular flexibility index (Phi) is 23.8. The Morgan fingerprint density at radius 1 is 0.526 bits per heavy atom. The third-order valence-electron chi connectivity index (χ3n) is 13.3. The van der Waals surface area contributed by atoms with Crippen molar-refractivity contribution in [2.24, 2.45) is 20.5 Å². The zero-order chi connectivity index (χ0) is 70.8. The van der Waals surface area contributed by atoms with Crippen LogP contribution in [0.2, 0.25) is 0 Å². The minimum absolute atomic E-state index is 0.0345. The summed E-state index contributed by atoms with van der Waals surface area (Å²) in [4.78, 5) is 26.2. The van der Waals surface area contributed by atoms with Crippen molar-refractivity contribution in [1.82, 2.24) is 29.9 Å². The van der Waals surface area contributed by atoms with Gasteiger partial charge in [-0.3, -0.25) is 22.4 Å². The second-order valence-electron chi connectivity index (χ2n) is 19.3. The van der Waals surface area contributed by atoms with Crippen LogP contribution in [0.25, 0.3) is 21.5 Å². The van der Waals surface area contributed by atoms with Gasteiger partial charge in [0.25, 0.3) is 40.5 Å². The first-order valence-electron chi connectivity index (χ1n) is 27.3. The van der Waals surface area contributed by atoms with Crippen molar-refractivity contribution in [2.75, 3.05) is 82.7 Å². The van der Waals surface area contributed by atoms with Crippen LogP contribution in [-0.4, -0.2) is 168 Å². The topological polar surface area (TPSA) is 580 Å². The summed E-state index contributed by atoms with van der Waals surface area (Å²) in [5.41, 5.74) is -2.79. The quantitative estimate of drug-likeness (QED) is 0.00460. The van der Waals surface area contributed by atoms with Gasteiger partial charge in [0.05, 0.1) is 61.0 Å². The molecule has 2 aromatic heterocycles. The molecule has 13 N–H and O–H groups in total. The highest BCUT2D eigenvalue weighted by Crippen LogP contribution is 2.49. The molecule has 40 nitrogen and oxygen atoms in total. The minimum atomic E-state index is -5.42. The van der Waals surface area contributed by atoms with E-state index in [1.807, 2.05) is 0 Å². The maximum Gasteiger partial charge on any atom is 0.297 e. The number of azo groups is 2. The third-order valence-corrected chi connectivity index (χ3v) is 19.5. The molecule has 8 aromatic rings. The predicted molar refractivity (Wildman–Crippen MR) is 345 cm³/mol. The molecule has 0 aliphatic carbocycles. The number of nitrogens with zero attached hydrogens (tertiary/aromatic N) is 12. The largest absolute Gasteiger partial charge is 0.506 e. The fourth-order valence-electron chi connectivity index (χ4n) is 8.87. The molecule has 0 atom stereocenters. The highest BCUT2D eigenvalue weighted by molar-refractivity contribution is 7.94. The number of fused-ring (bicyclic) bond motifs is 2. The molecule has 0 saturated heterocycles. The van der Waals surface area contributed by atoms with Gasteiger partial charge in [0, 0.05) is 55.4 Å². The van der Waals surface area contributed by atoms with Crippen molar-refractivity contribution in [1.29, 1.82) is 0 Å². The van der Waals surface area contributed by atoms with Gasteiger partial charge >= 0.3 is 0 Å². The second kappa shape index (κ2) is 31.2. The Morgan fingerprint density at radius 2 is 1.08 bits per heavy atom. The number of aromatic hydroxyl groups is 3. The van der Waals surface area contributed by atoms with Gasteiger partial charge in [0.1, 0.15) is 32.6 Å². The fraction of sp³-hybridized carbons (Fsp3) is 0.240. The molecular weight excluding hydrogens is 1430 g/mol. The van der Waals surface area contributed by atoms with Crippen LogP contribution < -0.4 is 31.1 Å². The second-order valence-corrected chi connectivity index (χ2v) is 28.2. The molecule has 0 unspecified atom stereocenters. The summed E-state index contributed by atoms with van der Waals surface area (Å²) < 4.78 is 181. The molecule has 0 spiro atoms. The van der Waals surface area contributed by atoms with Gasteiger partial charge in [-0.15, -0.1) is 24.0 Å². The van der Waals surface area contributed by atoms with Crippen LogP contribution in [0.15, 0.2) is 129 Å². The number of hydrogen-bond donors (Lipinski definition) is 13. The predicted octanol–water partition coefficient (Wildman–Crippen LogP) is 8.20. The van der Waals surface area contributed by atoms with E-state index in [-0.39, 0.29) is 105 Å². The Labute approximate surface area is 558 Å². The van der Waals surface area contributed by atoms with Crippen LogP contribution in [-0.2, 0) is 73.2 Å². The summed E-state index contributed by atoms with van der Waals surface area (Å²) in [5.74, 6) is -3.89. The molecule has 0 amide bonds. The van der Waals surface area contributed by atoms with Gasteiger partial charge in [0.2, 0.25) is 35.7 Å². The Bertz CT molecular complexity index is 4930. The smallest absolute Gasteiger partial charge is 0.297 e. The van der Waals surface area contributed by atoms with E-state index in [4.69, 9.17) is 14.7 Å². The first-order chi connectivity index (χ1) is 45.8. The monoisotopic (exact) mass is 1490 g/mol. The number of benzene rings is 6. The van der Waals surface area contributed by atoms with Crippen molar-refractivity contribution in [2.45, 2.75) is 57.1 Å². The number of anilines is 8. The lowest BCUT2D eigenvalue weighted by Gasteiger charge is -2.21. The normalized spacial score (nSPS) is 12.5. The maximum absolute atomic E-state index is 13.3. The van der Waals surface area contributed by atoms with Crippen LogP contribution in [0.3, 0.4) is 0 Å². The van der Waals surface area contributed by atoms with E-state index in [0.717, 1.165) is 72.8 Å². The summed E-state index contributed by atoms with van der Waals surface area (Å²) >= 11 is 0.358. The van der Waals surface area contributed by atoms with E-state index in [9.17, 15) is 75.6 Å². The van der Waals surface area contributed by atoms with Crippen LogP contribution >= 0.6 is 24.4 Å². The van der Waals surface area contributed by atoms with E-state index in [1.54, 1.807) is 37.5 Å². The maximum atomic E-state index is 13.3. The molecule has 0 fully saturated rings. The van der Waals surface area contributed by atoms with Gasteiger partial charge in [0.15, 0.2) is 33.7 Å². The number of rotatable bonds is 33. The van der Waals surface area contributed by atoms with Crippen molar-refractivity contribution in [3.63, 3.8) is 0 Å². The number of sulfone groups is 1. The summed E-state index contributed by atoms with van der Waals surface area (Å²) in [6.07, 6.45) is 0. The van der Waals surface area contributed by atoms with Crippen molar-refractivity contribution < 1.29 is 109 Å². The summed E-state index contributed by atoms with van der Waals surface area (Å²) in [7, 11) is -24.6. The summed E-state index contributed by atoms with van der Waals surface area (Å²) in [6, 6.07) is 12.8. The van der Waals surface area contributed by atoms with Gasteiger partial charge < -0.3 is 46.4 Å². The first kappa shape index (κ1) is 74.1. The molecule has 8 rings (SSSR count). The van der Waals surface area contributed by atoms with E-state index in [1.165, 1.54) is 0 Å². The van der Waals surface area contributed by atoms with E-state index in [2.05, 4.69) is 90.4 Å². The standard InChI is InChI=1S/C50H54N16O24S7/c1-5-65(6-2)49-57-45(55-47(59-49)53-33-15-14-31-32(44(33)97(83,84)85)25-38(96(80,81)82)41(42(31)68)64-61-27-9-11-28(12-10-27)94(74,75)76)51-17-18-52-46-56-48(60-50(58-46)66(7-3)8-4)54-35-24-30(95(77,78)79)21-26-22-37(91-89-87-70)40(43(69)39(26)35)63-62-34-23-29(13-16-36(34)67)93(72,73)20-19-86-92-90-88-71/h9-16,21-25,67-71H,5-8,17-20H2,1-4H3,(H,74,75,76)(H,77,78,79)(H,80,81,82)(H,83,84,85)(H2,51,53,55,57,59)(H2,52,54,56,58,60). The van der Waals surface area contributed by atoms with Crippen LogP contribution in [0.1, 0.15) is 27.7 Å². The van der Waals surface area contributed by atoms with Crippen LogP contribution in [0.5, 0.6) is 17.2 Å².